The van der Waals surface area contributed by atoms with Crippen LogP contribution in [0, 0.1) is 23.2 Å². The molecule has 3 heterocycles. The summed E-state index contributed by atoms with van der Waals surface area (Å²) in [6.07, 6.45) is 12.5. The highest BCUT2D eigenvalue weighted by Gasteiger charge is 2.45. The Balaban J connectivity index is 1.33. The van der Waals surface area contributed by atoms with Crippen LogP contribution >= 0.6 is 0 Å². The number of piperazine rings is 1. The number of allylic oxidation sites excluding steroid dienone is 3. The van der Waals surface area contributed by atoms with E-state index in [0.717, 1.165) is 73.7 Å². The van der Waals surface area contributed by atoms with Crippen LogP contribution in [-0.2, 0) is 4.79 Å². The van der Waals surface area contributed by atoms with Gasteiger partial charge in [0.05, 0.1) is 23.0 Å². The Morgan fingerprint density at radius 1 is 1.21 bits per heavy atom. The highest BCUT2D eigenvalue weighted by Crippen LogP contribution is 2.45. The number of rotatable bonds is 6. The van der Waals surface area contributed by atoms with E-state index in [1.54, 1.807) is 6.08 Å². The van der Waals surface area contributed by atoms with E-state index in [2.05, 4.69) is 33.3 Å². The molecule has 1 aromatic heterocycles. The zero-order valence-corrected chi connectivity index (χ0v) is 18.9. The fraction of sp³-hybridized carbons (Fsp3) is 0.500. The van der Waals surface area contributed by atoms with Crippen LogP contribution in [0.2, 0.25) is 0 Å². The molecule has 0 unspecified atom stereocenters. The summed E-state index contributed by atoms with van der Waals surface area (Å²) >= 11 is 0. The maximum absolute atomic E-state index is 12.9. The van der Waals surface area contributed by atoms with Gasteiger partial charge in [-0.05, 0) is 62.2 Å². The standard InChI is InChI=1S/C26H30N6O/c1-2-16-11-22(30-28-14-16)21-12-20(13-27)25(29-24(21)18-5-6-18)31-9-10-32(26(33)19-7-8-19)23(15-31)17-3-4-17/h2,11-12,14,17-19,23,28,30H,1,3-10,15H2/t23-/m0/s1. The van der Waals surface area contributed by atoms with Crippen molar-refractivity contribution in [2.75, 3.05) is 24.5 Å². The van der Waals surface area contributed by atoms with Crippen LogP contribution in [0.3, 0.4) is 0 Å². The normalized spacial score (nSPS) is 24.8. The molecule has 1 aromatic rings. The van der Waals surface area contributed by atoms with Crippen molar-refractivity contribution in [3.05, 3.63) is 53.4 Å². The molecule has 1 atom stereocenters. The Morgan fingerprint density at radius 2 is 2.03 bits per heavy atom. The molecule has 0 spiro atoms. The molecule has 170 valence electrons. The van der Waals surface area contributed by atoms with E-state index in [-0.39, 0.29) is 12.0 Å². The maximum Gasteiger partial charge on any atom is 0.226 e. The molecule has 2 N–H and O–H groups in total. The Bertz CT molecular complexity index is 1100. The zero-order valence-electron chi connectivity index (χ0n) is 18.9. The van der Waals surface area contributed by atoms with Gasteiger partial charge in [0, 0.05) is 43.2 Å². The van der Waals surface area contributed by atoms with Crippen LogP contribution in [-0.4, -0.2) is 41.5 Å². The minimum absolute atomic E-state index is 0.247. The van der Waals surface area contributed by atoms with Crippen molar-refractivity contribution in [1.29, 1.82) is 5.26 Å². The summed E-state index contributed by atoms with van der Waals surface area (Å²) in [6, 6.07) is 4.65. The lowest BCUT2D eigenvalue weighted by Gasteiger charge is -2.43. The fourth-order valence-electron chi connectivity index (χ4n) is 5.15. The van der Waals surface area contributed by atoms with Gasteiger partial charge in [-0.2, -0.15) is 5.26 Å². The predicted molar refractivity (Wildman–Crippen MR) is 127 cm³/mol. The van der Waals surface area contributed by atoms with E-state index in [1.165, 1.54) is 12.8 Å². The molecule has 0 radical (unpaired) electrons. The third-order valence-electron chi connectivity index (χ3n) is 7.49. The van der Waals surface area contributed by atoms with Gasteiger partial charge >= 0.3 is 0 Å². The smallest absolute Gasteiger partial charge is 0.226 e. The van der Waals surface area contributed by atoms with E-state index < -0.39 is 0 Å². The van der Waals surface area contributed by atoms with Crippen molar-refractivity contribution in [3.8, 4) is 6.07 Å². The number of hydrogen-bond donors (Lipinski definition) is 2. The first-order valence-corrected chi connectivity index (χ1v) is 12.2. The molecular formula is C26H30N6O. The number of aromatic nitrogens is 1. The van der Waals surface area contributed by atoms with E-state index in [9.17, 15) is 10.1 Å². The second-order valence-corrected chi connectivity index (χ2v) is 10.0. The average Bonchev–Trinajstić information content (AvgIpc) is 3.72. The summed E-state index contributed by atoms with van der Waals surface area (Å²) in [5.41, 5.74) is 10.8. The molecule has 0 aromatic carbocycles. The van der Waals surface area contributed by atoms with Gasteiger partial charge in [0.15, 0.2) is 0 Å². The monoisotopic (exact) mass is 442 g/mol. The third-order valence-corrected chi connectivity index (χ3v) is 7.49. The van der Waals surface area contributed by atoms with Gasteiger partial charge in [-0.1, -0.05) is 12.7 Å². The first-order valence-electron chi connectivity index (χ1n) is 12.2. The lowest BCUT2D eigenvalue weighted by Crippen LogP contribution is -2.57. The number of nitrogens with zero attached hydrogens (tertiary/aromatic N) is 4. The number of anilines is 1. The molecule has 5 aliphatic rings. The summed E-state index contributed by atoms with van der Waals surface area (Å²) in [6.45, 7) is 6.11. The van der Waals surface area contributed by atoms with Crippen LogP contribution in [0.1, 0.15) is 61.3 Å². The number of nitriles is 1. The molecule has 6 rings (SSSR count). The average molecular weight is 443 g/mol. The molecule has 3 saturated carbocycles. The van der Waals surface area contributed by atoms with Crippen molar-refractivity contribution < 1.29 is 4.79 Å². The summed E-state index contributed by atoms with van der Waals surface area (Å²) in [5.74, 6) is 2.42. The van der Waals surface area contributed by atoms with Crippen molar-refractivity contribution in [2.45, 2.75) is 50.5 Å². The number of nitrogens with one attached hydrogen (secondary N) is 2. The van der Waals surface area contributed by atoms with Crippen LogP contribution in [0.5, 0.6) is 0 Å². The SMILES string of the molecule is C=CC1=CNNC(c2cc(C#N)c(N3CCN(C(=O)C4CC4)[C@H](C4CC4)C3)nc2C2CC2)=C1. The van der Waals surface area contributed by atoms with Gasteiger partial charge in [-0.3, -0.25) is 4.79 Å². The van der Waals surface area contributed by atoms with Gasteiger partial charge in [0.1, 0.15) is 11.9 Å². The van der Waals surface area contributed by atoms with Crippen molar-refractivity contribution in [2.24, 2.45) is 11.8 Å². The first-order chi connectivity index (χ1) is 16.2. The molecule has 7 heteroatoms. The number of carbonyl (C=O) groups excluding carboxylic acids is 1. The number of hydrogen-bond acceptors (Lipinski definition) is 6. The minimum Gasteiger partial charge on any atom is -0.352 e. The summed E-state index contributed by atoms with van der Waals surface area (Å²) in [4.78, 5) is 22.5. The van der Waals surface area contributed by atoms with Crippen LogP contribution < -0.4 is 15.8 Å². The van der Waals surface area contributed by atoms with Crippen molar-refractivity contribution >= 4 is 17.4 Å². The van der Waals surface area contributed by atoms with E-state index in [4.69, 9.17) is 4.98 Å². The number of hydrazine groups is 1. The number of amides is 1. The highest BCUT2D eigenvalue weighted by atomic mass is 16.2. The second kappa shape index (κ2) is 7.95. The molecule has 2 aliphatic heterocycles. The molecule has 3 aliphatic carbocycles. The molecule has 4 fully saturated rings. The molecule has 1 amide bonds. The van der Waals surface area contributed by atoms with Crippen LogP contribution in [0.4, 0.5) is 5.82 Å². The van der Waals surface area contributed by atoms with Crippen molar-refractivity contribution in [1.82, 2.24) is 20.7 Å². The van der Waals surface area contributed by atoms with Gasteiger partial charge < -0.3 is 20.7 Å². The topological polar surface area (TPSA) is 84.3 Å². The van der Waals surface area contributed by atoms with Gasteiger partial charge in [-0.25, -0.2) is 4.98 Å². The van der Waals surface area contributed by atoms with E-state index >= 15 is 0 Å². The lowest BCUT2D eigenvalue weighted by atomic mass is 10.0. The molecule has 0 bridgehead atoms. The Morgan fingerprint density at radius 3 is 2.70 bits per heavy atom. The van der Waals surface area contributed by atoms with E-state index in [0.29, 0.717) is 23.3 Å². The van der Waals surface area contributed by atoms with Crippen LogP contribution in [0.15, 0.2) is 36.6 Å². The lowest BCUT2D eigenvalue weighted by molar-refractivity contribution is -0.135. The largest absolute Gasteiger partial charge is 0.352 e. The predicted octanol–water partition coefficient (Wildman–Crippen LogP) is 3.19. The van der Waals surface area contributed by atoms with Crippen molar-refractivity contribution in [3.63, 3.8) is 0 Å². The molecule has 1 saturated heterocycles. The number of pyridine rings is 1. The number of carbonyl (C=O) groups is 1. The summed E-state index contributed by atoms with van der Waals surface area (Å²) in [5, 5.41) is 10.1. The molecule has 7 nitrogen and oxygen atoms in total. The Kier molecular flexibility index (Phi) is 4.90. The second-order valence-electron chi connectivity index (χ2n) is 10.0. The summed E-state index contributed by atoms with van der Waals surface area (Å²) in [7, 11) is 0. The first kappa shape index (κ1) is 20.3. The Hall–Kier alpha value is -3.27. The molecule has 33 heavy (non-hydrogen) atoms. The summed E-state index contributed by atoms with van der Waals surface area (Å²) < 4.78 is 0. The minimum atomic E-state index is 0.247. The van der Waals surface area contributed by atoms with Crippen LogP contribution in [0.25, 0.3) is 5.70 Å². The Labute approximate surface area is 194 Å². The third kappa shape index (κ3) is 3.88. The van der Waals surface area contributed by atoms with Gasteiger partial charge in [-0.15, -0.1) is 0 Å². The van der Waals surface area contributed by atoms with E-state index in [1.807, 2.05) is 18.3 Å². The maximum atomic E-state index is 12.9. The highest BCUT2D eigenvalue weighted by molar-refractivity contribution is 5.82. The van der Waals surface area contributed by atoms with Gasteiger partial charge in [0.25, 0.3) is 0 Å². The zero-order chi connectivity index (χ0) is 22.5. The molecular weight excluding hydrogens is 412 g/mol. The van der Waals surface area contributed by atoms with Gasteiger partial charge in [0.2, 0.25) is 5.91 Å². The quantitative estimate of drug-likeness (QED) is 0.704. The fourth-order valence-corrected chi connectivity index (χ4v) is 5.15.